The van der Waals surface area contributed by atoms with Crippen molar-refractivity contribution in [2.75, 3.05) is 17.3 Å². The molecule has 2 aliphatic rings. The Morgan fingerprint density at radius 2 is 1.82 bits per heavy atom. The number of fused-ring (bicyclic) bond motifs is 1. The molecule has 4 nitrogen and oxygen atoms in total. The number of nitrogens with zero attached hydrogens (tertiary/aromatic N) is 2. The molecule has 2 aliphatic heterocycles. The Bertz CT molecular complexity index is 963. The zero-order valence-corrected chi connectivity index (χ0v) is 17.9. The van der Waals surface area contributed by atoms with Gasteiger partial charge >= 0.3 is 0 Å². The number of hydrogen-bond acceptors (Lipinski definition) is 5. The van der Waals surface area contributed by atoms with E-state index >= 15 is 0 Å². The second-order valence-electron chi connectivity index (χ2n) is 7.28. The maximum Gasteiger partial charge on any atom is 0.160 e. The van der Waals surface area contributed by atoms with E-state index in [1.165, 1.54) is 5.56 Å². The molecule has 28 heavy (non-hydrogen) atoms. The molecule has 0 spiro atoms. The van der Waals surface area contributed by atoms with Crippen LogP contribution in [0.1, 0.15) is 17.5 Å². The highest BCUT2D eigenvalue weighted by atomic mass is 35.5. The summed E-state index contributed by atoms with van der Waals surface area (Å²) < 4.78 is 24.2. The first-order valence-electron chi connectivity index (χ1n) is 9.47. The molecule has 4 rings (SSSR count). The zero-order valence-electron chi connectivity index (χ0n) is 15.5. The molecule has 0 unspecified atom stereocenters. The number of rotatable bonds is 6. The van der Waals surface area contributed by atoms with Gasteiger partial charge in [0.15, 0.2) is 15.0 Å². The van der Waals surface area contributed by atoms with Gasteiger partial charge in [0, 0.05) is 17.3 Å². The van der Waals surface area contributed by atoms with Crippen LogP contribution in [0.4, 0.5) is 0 Å². The third kappa shape index (κ3) is 4.56. The van der Waals surface area contributed by atoms with Gasteiger partial charge in [-0.05, 0) is 30.0 Å². The van der Waals surface area contributed by atoms with Crippen LogP contribution in [0, 0.1) is 0 Å². The van der Waals surface area contributed by atoms with E-state index in [4.69, 9.17) is 16.6 Å². The van der Waals surface area contributed by atoms with Crippen molar-refractivity contribution in [2.45, 2.75) is 31.5 Å². The van der Waals surface area contributed by atoms with E-state index in [1.54, 1.807) is 11.8 Å². The van der Waals surface area contributed by atoms with Gasteiger partial charge in [0.25, 0.3) is 0 Å². The lowest BCUT2D eigenvalue weighted by atomic mass is 10.1. The largest absolute Gasteiger partial charge is 0.341 e. The Hall–Kier alpha value is -1.50. The average molecular weight is 435 g/mol. The summed E-state index contributed by atoms with van der Waals surface area (Å²) in [5, 5.41) is 1.66. The molecule has 0 aromatic heterocycles. The van der Waals surface area contributed by atoms with E-state index < -0.39 is 9.84 Å². The standard InChI is InChI=1S/C21H23ClN2O2S2/c22-18-11-5-4-10-17(18)13-24-20-15-28(25,26)14-19(20)23-21(24)27-12-6-9-16-7-2-1-3-8-16/h1-5,7-8,10-11,19-20H,6,9,12-15H2/t19-,20-/m0/s1. The fourth-order valence-electron chi connectivity index (χ4n) is 3.79. The summed E-state index contributed by atoms with van der Waals surface area (Å²) in [5.41, 5.74) is 2.35. The van der Waals surface area contributed by atoms with E-state index in [9.17, 15) is 8.42 Å². The van der Waals surface area contributed by atoms with Gasteiger partial charge in [0.2, 0.25) is 0 Å². The number of sulfone groups is 1. The predicted octanol–water partition coefficient (Wildman–Crippen LogP) is 4.04. The van der Waals surface area contributed by atoms with Crippen LogP contribution in [0.15, 0.2) is 59.6 Å². The second kappa shape index (κ2) is 8.47. The Morgan fingerprint density at radius 3 is 2.61 bits per heavy atom. The minimum Gasteiger partial charge on any atom is -0.341 e. The lowest BCUT2D eigenvalue weighted by molar-refractivity contribution is 0.343. The molecule has 0 aliphatic carbocycles. The monoisotopic (exact) mass is 434 g/mol. The number of hydrogen-bond donors (Lipinski definition) is 0. The van der Waals surface area contributed by atoms with Crippen LogP contribution in [0.5, 0.6) is 0 Å². The maximum atomic E-state index is 12.1. The molecule has 0 bridgehead atoms. The van der Waals surface area contributed by atoms with Crippen molar-refractivity contribution < 1.29 is 8.42 Å². The molecule has 2 aromatic carbocycles. The molecule has 148 valence electrons. The fraction of sp³-hybridized carbons (Fsp3) is 0.381. The summed E-state index contributed by atoms with van der Waals surface area (Å²) in [6.07, 6.45) is 2.09. The topological polar surface area (TPSA) is 49.7 Å². The highest BCUT2D eigenvalue weighted by Gasteiger charge is 2.46. The van der Waals surface area contributed by atoms with E-state index in [2.05, 4.69) is 29.2 Å². The smallest absolute Gasteiger partial charge is 0.160 e. The first-order chi connectivity index (χ1) is 13.5. The van der Waals surface area contributed by atoms with Crippen molar-refractivity contribution in [1.82, 2.24) is 4.90 Å². The number of benzene rings is 2. The summed E-state index contributed by atoms with van der Waals surface area (Å²) in [7, 11) is -3.02. The van der Waals surface area contributed by atoms with Crippen LogP contribution < -0.4 is 0 Å². The van der Waals surface area contributed by atoms with E-state index in [-0.39, 0.29) is 23.6 Å². The first-order valence-corrected chi connectivity index (χ1v) is 12.7. The molecule has 7 heteroatoms. The van der Waals surface area contributed by atoms with Crippen LogP contribution in [0.25, 0.3) is 0 Å². The molecule has 1 fully saturated rings. The van der Waals surface area contributed by atoms with Crippen LogP contribution in [0.3, 0.4) is 0 Å². The van der Waals surface area contributed by atoms with Gasteiger partial charge in [-0.1, -0.05) is 71.9 Å². The van der Waals surface area contributed by atoms with Crippen molar-refractivity contribution in [3.8, 4) is 0 Å². The molecular weight excluding hydrogens is 412 g/mol. The van der Waals surface area contributed by atoms with Gasteiger partial charge in [0.1, 0.15) is 0 Å². The Balaban J connectivity index is 1.43. The normalized spacial score (nSPS) is 22.9. The molecule has 0 saturated carbocycles. The highest BCUT2D eigenvalue weighted by molar-refractivity contribution is 8.13. The van der Waals surface area contributed by atoms with Crippen molar-refractivity contribution in [2.24, 2.45) is 4.99 Å². The van der Waals surface area contributed by atoms with Crippen LogP contribution in [-0.4, -0.2) is 47.8 Å². The molecule has 0 radical (unpaired) electrons. The van der Waals surface area contributed by atoms with Gasteiger partial charge in [-0.15, -0.1) is 0 Å². The summed E-state index contributed by atoms with van der Waals surface area (Å²) in [5.74, 6) is 1.30. The van der Waals surface area contributed by atoms with Crippen LogP contribution in [0.2, 0.25) is 5.02 Å². The first kappa shape index (κ1) is 19.8. The van der Waals surface area contributed by atoms with E-state index in [0.717, 1.165) is 29.3 Å². The highest BCUT2D eigenvalue weighted by Crippen LogP contribution is 2.33. The van der Waals surface area contributed by atoms with Crippen molar-refractivity contribution in [3.05, 3.63) is 70.7 Å². The van der Waals surface area contributed by atoms with Gasteiger partial charge < -0.3 is 4.90 Å². The lowest BCUT2D eigenvalue weighted by Gasteiger charge is -2.27. The average Bonchev–Trinajstić information content (AvgIpc) is 3.13. The number of aryl methyl sites for hydroxylation is 1. The number of halogens is 1. The Morgan fingerprint density at radius 1 is 1.07 bits per heavy atom. The lowest BCUT2D eigenvalue weighted by Crippen LogP contribution is -2.38. The Labute approximate surface area is 175 Å². The van der Waals surface area contributed by atoms with Gasteiger partial charge in [0.05, 0.1) is 23.6 Å². The van der Waals surface area contributed by atoms with Crippen LogP contribution in [-0.2, 0) is 22.8 Å². The second-order valence-corrected chi connectivity index (χ2v) is 10.9. The predicted molar refractivity (Wildman–Crippen MR) is 118 cm³/mol. The van der Waals surface area contributed by atoms with E-state index in [1.807, 2.05) is 30.3 Å². The third-order valence-electron chi connectivity index (χ3n) is 5.20. The minimum atomic E-state index is -3.02. The van der Waals surface area contributed by atoms with Crippen molar-refractivity contribution >= 4 is 38.4 Å². The zero-order chi connectivity index (χ0) is 19.6. The molecule has 1 saturated heterocycles. The number of thioether (sulfide) groups is 1. The Kier molecular flexibility index (Phi) is 5.99. The van der Waals surface area contributed by atoms with Gasteiger partial charge in [-0.3, -0.25) is 4.99 Å². The molecular formula is C21H23ClN2O2S2. The van der Waals surface area contributed by atoms with Gasteiger partial charge in [-0.25, -0.2) is 8.42 Å². The quantitative estimate of drug-likeness (QED) is 0.644. The molecule has 2 heterocycles. The maximum absolute atomic E-state index is 12.1. The summed E-state index contributed by atoms with van der Waals surface area (Å²) in [6, 6.07) is 18.0. The number of aliphatic imine (C=N–C) groups is 1. The molecule has 0 N–H and O–H groups in total. The van der Waals surface area contributed by atoms with E-state index in [0.29, 0.717) is 11.6 Å². The van der Waals surface area contributed by atoms with Gasteiger partial charge in [-0.2, -0.15) is 0 Å². The SMILES string of the molecule is O=S1(=O)C[C@@H]2N=C(SCCCc3ccccc3)N(Cc3ccccc3Cl)[C@H]2C1. The number of amidine groups is 1. The minimum absolute atomic E-state index is 0.0714. The van der Waals surface area contributed by atoms with Crippen molar-refractivity contribution in [1.29, 1.82) is 0 Å². The summed E-state index contributed by atoms with van der Waals surface area (Å²) in [6.45, 7) is 0.598. The molecule has 2 atom stereocenters. The van der Waals surface area contributed by atoms with Crippen molar-refractivity contribution in [3.63, 3.8) is 0 Å². The van der Waals surface area contributed by atoms with Crippen LogP contribution >= 0.6 is 23.4 Å². The summed E-state index contributed by atoms with van der Waals surface area (Å²) >= 11 is 8.08. The third-order valence-corrected chi connectivity index (χ3v) is 8.36. The molecule has 0 amide bonds. The molecule has 2 aromatic rings. The fourth-order valence-corrected chi connectivity index (χ4v) is 6.91. The summed E-state index contributed by atoms with van der Waals surface area (Å²) in [4.78, 5) is 6.94.